The van der Waals surface area contributed by atoms with Gasteiger partial charge < -0.3 is 0 Å². The number of hydrogen-bond donors (Lipinski definition) is 0. The predicted molar refractivity (Wildman–Crippen MR) is 126 cm³/mol. The number of pyridine rings is 1. The summed E-state index contributed by atoms with van der Waals surface area (Å²) in [6, 6.07) is 16.1. The molecule has 0 aliphatic carbocycles. The zero-order chi connectivity index (χ0) is 25.3. The number of rotatable bonds is 5. The summed E-state index contributed by atoms with van der Waals surface area (Å²) in [5.74, 6) is -1.78. The topological polar surface area (TPSA) is 45.8 Å². The quantitative estimate of drug-likeness (QED) is 0.212. The Bertz CT molecular complexity index is 1500. The molecule has 0 atom stereocenters. The molecule has 4 aromatic rings. The first-order valence-corrected chi connectivity index (χ1v) is 15.3. The fourth-order valence-electron chi connectivity index (χ4n) is 3.59. The summed E-state index contributed by atoms with van der Waals surface area (Å²) in [6.07, 6.45) is -4.94. The van der Waals surface area contributed by atoms with Crippen LogP contribution in [0.15, 0.2) is 65.5 Å². The Hall–Kier alpha value is -2.97. The molecule has 0 radical (unpaired) electrons. The fraction of sp³-hybridized carbons (Fsp3) is 0.120. The third-order valence-corrected chi connectivity index (χ3v) is 9.13. The van der Waals surface area contributed by atoms with Crippen molar-refractivity contribution in [2.24, 2.45) is 0 Å². The molecule has 35 heavy (non-hydrogen) atoms. The summed E-state index contributed by atoms with van der Waals surface area (Å²) < 4.78 is 71.1. The van der Waals surface area contributed by atoms with Crippen LogP contribution in [0.2, 0.25) is 4.94 Å². The summed E-state index contributed by atoms with van der Waals surface area (Å²) in [5, 5.41) is 9.32. The first-order valence-electron chi connectivity index (χ1n) is 10.2. The van der Waals surface area contributed by atoms with Crippen molar-refractivity contribution in [3.63, 3.8) is 0 Å². The van der Waals surface area contributed by atoms with E-state index in [1.54, 1.807) is 12.1 Å². The minimum atomic E-state index is -4.94. The molecule has 0 aliphatic heterocycles. The van der Waals surface area contributed by atoms with Gasteiger partial charge >= 0.3 is 180 Å². The van der Waals surface area contributed by atoms with Crippen LogP contribution < -0.4 is 9.14 Å². The van der Waals surface area contributed by atoms with Gasteiger partial charge in [0.05, 0.1) is 0 Å². The van der Waals surface area contributed by atoms with Gasteiger partial charge in [0.2, 0.25) is 0 Å². The summed E-state index contributed by atoms with van der Waals surface area (Å²) in [4.78, 5) is 16.3. The molecule has 3 nitrogen and oxygen atoms in total. The van der Waals surface area contributed by atoms with E-state index < -0.39 is 62.2 Å². The average Bonchev–Trinajstić information content (AvgIpc) is 3.31. The van der Waals surface area contributed by atoms with E-state index in [1.807, 2.05) is 24.3 Å². The first-order chi connectivity index (χ1) is 16.6. The molecule has 2 aromatic carbocycles. The van der Waals surface area contributed by atoms with Crippen molar-refractivity contribution < 1.29 is 22.0 Å². The van der Waals surface area contributed by atoms with Gasteiger partial charge in [-0.15, -0.1) is 0 Å². The second-order valence-electron chi connectivity index (χ2n) is 7.55. The summed E-state index contributed by atoms with van der Waals surface area (Å²) in [7, 11) is 0. The SMILES string of the molecule is [CH3][Sn+2][c]1ccc(-c2ccc(-c3cc(C(F)(F)F)c(C#N)c(=O)n3Cc3ccc(F)cc3F)s2)cc1. The standard InChI is InChI=1S/C24H12F5N2OS.CH3.Sn/c25-16-7-6-15(19(26)10-16)13-31-20(11-18(24(27,28)29)17(12-30)23(31)32)22-9-8-21(33-22)14-4-2-1-3-5-14;;/h2-11H,13H2;1H3;/q;;+2. The third-order valence-electron chi connectivity index (χ3n) is 5.38. The van der Waals surface area contributed by atoms with Gasteiger partial charge in [-0.1, -0.05) is 0 Å². The number of thiophene rings is 1. The number of hydrogen-bond acceptors (Lipinski definition) is 3. The Morgan fingerprint density at radius 1 is 1.00 bits per heavy atom. The molecule has 0 unspecified atom stereocenters. The normalized spacial score (nSPS) is 11.2. The van der Waals surface area contributed by atoms with Gasteiger partial charge in [-0.25, -0.2) is 8.78 Å². The van der Waals surface area contributed by atoms with E-state index in [2.05, 4.69) is 4.94 Å². The zero-order valence-corrected chi connectivity index (χ0v) is 21.8. The monoisotopic (exact) mass is 606 g/mol. The molecule has 0 saturated carbocycles. The molecule has 0 saturated heterocycles. The first kappa shape index (κ1) is 25.1. The Morgan fingerprint density at radius 2 is 1.69 bits per heavy atom. The molecule has 0 fully saturated rings. The number of nitriles is 1. The Balaban J connectivity index is 1.91. The van der Waals surface area contributed by atoms with Crippen LogP contribution in [0.4, 0.5) is 22.0 Å². The zero-order valence-electron chi connectivity index (χ0n) is 18.1. The average molecular weight is 605 g/mol. The van der Waals surface area contributed by atoms with Gasteiger partial charge in [-0.05, 0) is 6.07 Å². The van der Waals surface area contributed by atoms with Crippen LogP contribution in [0.1, 0.15) is 16.7 Å². The van der Waals surface area contributed by atoms with Crippen LogP contribution in [0.25, 0.3) is 21.0 Å². The van der Waals surface area contributed by atoms with E-state index in [0.29, 0.717) is 10.9 Å². The second kappa shape index (κ2) is 9.95. The maximum atomic E-state index is 14.3. The second-order valence-corrected chi connectivity index (χ2v) is 11.7. The predicted octanol–water partition coefficient (Wildman–Crippen LogP) is 5.84. The molecule has 0 spiro atoms. The summed E-state index contributed by atoms with van der Waals surface area (Å²) in [5.41, 5.74) is -2.98. The van der Waals surface area contributed by atoms with Crippen molar-refractivity contribution in [3.8, 4) is 27.1 Å². The van der Waals surface area contributed by atoms with Gasteiger partial charge in [-0.3, -0.25) is 0 Å². The van der Waals surface area contributed by atoms with Crippen LogP contribution in [-0.4, -0.2) is 25.7 Å². The molecular formula is C25H15F5N2OSSn+2. The van der Waals surface area contributed by atoms with Crippen molar-refractivity contribution in [1.82, 2.24) is 4.57 Å². The molecule has 0 aliphatic rings. The summed E-state index contributed by atoms with van der Waals surface area (Å²) >= 11 is 0.578. The molecule has 2 aromatic heterocycles. The number of aromatic nitrogens is 1. The fourth-order valence-corrected chi connectivity index (χ4v) is 6.05. The molecule has 2 heterocycles. The van der Waals surface area contributed by atoms with Gasteiger partial charge in [0.1, 0.15) is 5.82 Å². The molecule has 10 heteroatoms. The number of halogens is 5. The van der Waals surface area contributed by atoms with Crippen molar-refractivity contribution >= 4 is 36.1 Å². The van der Waals surface area contributed by atoms with E-state index in [9.17, 15) is 32.0 Å². The van der Waals surface area contributed by atoms with Crippen molar-refractivity contribution in [3.05, 3.63) is 99.3 Å². The summed E-state index contributed by atoms with van der Waals surface area (Å²) in [6.45, 7) is -0.475. The minimum absolute atomic E-state index is 0.101. The third kappa shape index (κ3) is 5.18. The number of alkyl halides is 3. The van der Waals surface area contributed by atoms with E-state index in [0.717, 1.165) is 33.2 Å². The van der Waals surface area contributed by atoms with Gasteiger partial charge in [0.15, 0.2) is 0 Å². The van der Waals surface area contributed by atoms with E-state index in [1.165, 1.54) is 21.0 Å². The van der Waals surface area contributed by atoms with Gasteiger partial charge in [0, 0.05) is 6.07 Å². The Kier molecular flexibility index (Phi) is 7.14. The van der Waals surface area contributed by atoms with Crippen molar-refractivity contribution in [2.45, 2.75) is 17.7 Å². The molecule has 0 bridgehead atoms. The van der Waals surface area contributed by atoms with E-state index in [-0.39, 0.29) is 11.3 Å². The number of nitrogens with zero attached hydrogens (tertiary/aromatic N) is 2. The maximum absolute atomic E-state index is 14.3. The molecule has 0 N–H and O–H groups in total. The Labute approximate surface area is 211 Å². The van der Waals surface area contributed by atoms with E-state index in [4.69, 9.17) is 0 Å². The van der Waals surface area contributed by atoms with Crippen LogP contribution in [-0.2, 0) is 12.7 Å². The van der Waals surface area contributed by atoms with Gasteiger partial charge in [0.25, 0.3) is 0 Å². The molecule has 4 rings (SSSR count). The van der Waals surface area contributed by atoms with Crippen molar-refractivity contribution in [1.29, 1.82) is 5.26 Å². The van der Waals surface area contributed by atoms with Gasteiger partial charge in [-0.2, -0.15) is 5.26 Å². The van der Waals surface area contributed by atoms with E-state index >= 15 is 0 Å². The molecule has 0 amide bonds. The number of benzene rings is 2. The van der Waals surface area contributed by atoms with Crippen LogP contribution >= 0.6 is 11.3 Å². The van der Waals surface area contributed by atoms with Crippen LogP contribution in [0.5, 0.6) is 0 Å². The molecular weight excluding hydrogens is 590 g/mol. The molecule has 174 valence electrons. The van der Waals surface area contributed by atoms with Crippen LogP contribution in [0.3, 0.4) is 0 Å². The Morgan fingerprint density at radius 3 is 2.29 bits per heavy atom. The van der Waals surface area contributed by atoms with Crippen molar-refractivity contribution in [2.75, 3.05) is 0 Å². The van der Waals surface area contributed by atoms with Crippen LogP contribution in [0, 0.1) is 23.0 Å².